The van der Waals surface area contributed by atoms with E-state index in [1.54, 1.807) is 0 Å². The van der Waals surface area contributed by atoms with E-state index in [2.05, 4.69) is 258 Å². The minimum atomic E-state index is 0.937. The average molecular weight is 840 g/mol. The Morgan fingerprint density at radius 2 is 0.773 bits per heavy atom. The first-order valence-electron chi connectivity index (χ1n) is 22.6. The second kappa shape index (κ2) is 15.5. The quantitative estimate of drug-likeness (QED) is 0.157. The molecule has 0 amide bonds. The lowest BCUT2D eigenvalue weighted by Gasteiger charge is -2.13. The second-order valence-corrected chi connectivity index (χ2v) is 17.2. The summed E-state index contributed by atoms with van der Waals surface area (Å²) in [6.07, 6.45) is 0. The van der Waals surface area contributed by atoms with E-state index in [-0.39, 0.29) is 0 Å². The van der Waals surface area contributed by atoms with Gasteiger partial charge in [-0.1, -0.05) is 182 Å². The maximum Gasteiger partial charge on any atom is 0.0716 e. The van der Waals surface area contributed by atoms with Gasteiger partial charge in [0.05, 0.1) is 33.5 Å². The summed E-state index contributed by atoms with van der Waals surface area (Å²) in [4.78, 5) is 5.28. The lowest BCUT2D eigenvalue weighted by molar-refractivity contribution is 1.18. The molecule has 0 aliphatic heterocycles. The molecule has 0 radical (unpaired) electrons. The van der Waals surface area contributed by atoms with E-state index >= 15 is 0 Å². The van der Waals surface area contributed by atoms with Crippen LogP contribution in [-0.2, 0) is 0 Å². The number of fused-ring (bicyclic) bond motifs is 7. The molecular formula is C63H41N3. The van der Waals surface area contributed by atoms with Crippen LogP contribution >= 0.6 is 0 Å². The van der Waals surface area contributed by atoms with Gasteiger partial charge in [0, 0.05) is 44.0 Å². The summed E-state index contributed by atoms with van der Waals surface area (Å²) < 4.78 is 4.83. The van der Waals surface area contributed by atoms with E-state index in [1.165, 1.54) is 76.7 Å². The second-order valence-electron chi connectivity index (χ2n) is 17.2. The Hall–Kier alpha value is -8.79. The molecule has 0 N–H and O–H groups in total. The third-order valence-electron chi connectivity index (χ3n) is 13.3. The molecule has 0 aliphatic rings. The Kier molecular flexibility index (Phi) is 8.85. The summed E-state index contributed by atoms with van der Waals surface area (Å²) in [5.41, 5.74) is 18.1. The van der Waals surface area contributed by atoms with Crippen molar-refractivity contribution in [2.24, 2.45) is 0 Å². The van der Waals surface area contributed by atoms with Crippen molar-refractivity contribution in [3.8, 4) is 67.3 Å². The van der Waals surface area contributed by atoms with Crippen LogP contribution in [0.5, 0.6) is 0 Å². The molecule has 13 aromatic rings. The maximum atomic E-state index is 5.28. The van der Waals surface area contributed by atoms with Crippen LogP contribution in [0.1, 0.15) is 0 Å². The van der Waals surface area contributed by atoms with E-state index in [0.29, 0.717) is 0 Å². The molecule has 0 atom stereocenters. The number of benzene rings is 10. The van der Waals surface area contributed by atoms with Crippen molar-refractivity contribution in [3.05, 3.63) is 249 Å². The Morgan fingerprint density at radius 1 is 0.242 bits per heavy atom. The van der Waals surface area contributed by atoms with Gasteiger partial charge in [-0.2, -0.15) is 0 Å². The summed E-state index contributed by atoms with van der Waals surface area (Å²) in [6, 6.07) is 90.0. The molecule has 0 unspecified atom stereocenters. The molecule has 66 heavy (non-hydrogen) atoms. The van der Waals surface area contributed by atoms with Gasteiger partial charge in [0.15, 0.2) is 0 Å². The highest BCUT2D eigenvalue weighted by Gasteiger charge is 2.18. The van der Waals surface area contributed by atoms with Gasteiger partial charge >= 0.3 is 0 Å². The number of hydrogen-bond donors (Lipinski definition) is 0. The highest BCUT2D eigenvalue weighted by Crippen LogP contribution is 2.40. The van der Waals surface area contributed by atoms with Gasteiger partial charge in [-0.05, 0) is 111 Å². The van der Waals surface area contributed by atoms with Crippen molar-refractivity contribution in [1.29, 1.82) is 0 Å². The number of aromatic nitrogens is 3. The molecular weight excluding hydrogens is 799 g/mol. The maximum absolute atomic E-state index is 5.28. The first kappa shape index (κ1) is 37.7. The van der Waals surface area contributed by atoms with E-state index in [4.69, 9.17) is 4.98 Å². The molecule has 3 nitrogen and oxygen atoms in total. The van der Waals surface area contributed by atoms with Crippen LogP contribution in [0.15, 0.2) is 249 Å². The van der Waals surface area contributed by atoms with Crippen LogP contribution < -0.4 is 0 Å². The molecule has 3 aromatic heterocycles. The minimum absolute atomic E-state index is 0.937. The van der Waals surface area contributed by atoms with Crippen molar-refractivity contribution in [2.45, 2.75) is 0 Å². The third kappa shape index (κ3) is 6.32. The topological polar surface area (TPSA) is 22.8 Å². The van der Waals surface area contributed by atoms with E-state index < -0.39 is 0 Å². The zero-order chi connectivity index (χ0) is 43.6. The van der Waals surface area contributed by atoms with Gasteiger partial charge in [0.2, 0.25) is 0 Å². The Morgan fingerprint density at radius 3 is 1.55 bits per heavy atom. The first-order valence-corrected chi connectivity index (χ1v) is 22.6. The van der Waals surface area contributed by atoms with Gasteiger partial charge in [-0.15, -0.1) is 0 Å². The number of rotatable bonds is 7. The number of nitrogens with zero attached hydrogens (tertiary/aromatic N) is 3. The normalized spacial score (nSPS) is 11.6. The lowest BCUT2D eigenvalue weighted by atomic mass is 9.98. The molecule has 308 valence electrons. The SMILES string of the molecule is c1ccc(-c2cc(-c3ccccc3)nc(-c3cccc(-n4c5ccccc5c5ccc(-c6ccc7c(c6)c6ccccc6n7-c6ccc(-c7cccc8ccccc78)cc6)cc54)c3)c2)cc1. The molecule has 0 bridgehead atoms. The zero-order valence-corrected chi connectivity index (χ0v) is 36.0. The lowest BCUT2D eigenvalue weighted by Crippen LogP contribution is -1.96. The Balaban J connectivity index is 0.922. The monoisotopic (exact) mass is 839 g/mol. The van der Waals surface area contributed by atoms with Crippen LogP contribution in [0.3, 0.4) is 0 Å². The molecule has 0 spiro atoms. The first-order chi connectivity index (χ1) is 32.7. The standard InChI is InChI=1S/C63H41N3/c1-3-15-42(16-4-1)49-39-58(45-18-5-2-6-19-45)64-59(40-49)48-21-13-22-51(37-48)66-60-27-11-9-24-54(60)56-35-31-47(41-63(56)66)46-32-36-62-57(38-46)55-25-10-12-28-61(55)65(62)50-33-29-44(30-34-50)53-26-14-20-43-17-7-8-23-52(43)53/h1-41H. The van der Waals surface area contributed by atoms with Crippen LogP contribution in [0.2, 0.25) is 0 Å². The third-order valence-corrected chi connectivity index (χ3v) is 13.3. The van der Waals surface area contributed by atoms with Crippen molar-refractivity contribution >= 4 is 54.4 Å². The van der Waals surface area contributed by atoms with Crippen LogP contribution in [0, 0.1) is 0 Å². The van der Waals surface area contributed by atoms with Crippen LogP contribution in [0.25, 0.3) is 122 Å². The van der Waals surface area contributed by atoms with Crippen molar-refractivity contribution in [2.75, 3.05) is 0 Å². The molecule has 0 fully saturated rings. The Labute approximate surface area is 382 Å². The summed E-state index contributed by atoms with van der Waals surface area (Å²) in [5.74, 6) is 0. The molecule has 10 aromatic carbocycles. The summed E-state index contributed by atoms with van der Waals surface area (Å²) in [6.45, 7) is 0. The molecule has 0 aliphatic carbocycles. The van der Waals surface area contributed by atoms with Crippen molar-refractivity contribution < 1.29 is 0 Å². The number of pyridine rings is 1. The van der Waals surface area contributed by atoms with Gasteiger partial charge in [-0.25, -0.2) is 4.98 Å². The number of para-hydroxylation sites is 2. The van der Waals surface area contributed by atoms with Gasteiger partial charge in [0.1, 0.15) is 0 Å². The van der Waals surface area contributed by atoms with Crippen molar-refractivity contribution in [1.82, 2.24) is 14.1 Å². The molecule has 0 saturated heterocycles. The largest absolute Gasteiger partial charge is 0.309 e. The smallest absolute Gasteiger partial charge is 0.0716 e. The Bertz CT molecular complexity index is 3910. The van der Waals surface area contributed by atoms with E-state index in [0.717, 1.165) is 45.0 Å². The van der Waals surface area contributed by atoms with E-state index in [1.807, 2.05) is 0 Å². The predicted molar refractivity (Wildman–Crippen MR) is 278 cm³/mol. The summed E-state index contributed by atoms with van der Waals surface area (Å²) in [7, 11) is 0. The van der Waals surface area contributed by atoms with Gasteiger partial charge < -0.3 is 9.13 Å². The fraction of sp³-hybridized carbons (Fsp3) is 0. The fourth-order valence-corrected chi connectivity index (χ4v) is 10.2. The van der Waals surface area contributed by atoms with Gasteiger partial charge in [0.25, 0.3) is 0 Å². The van der Waals surface area contributed by atoms with Crippen molar-refractivity contribution in [3.63, 3.8) is 0 Å². The molecule has 3 heteroatoms. The predicted octanol–water partition coefficient (Wildman–Crippen LogP) is 16.8. The van der Waals surface area contributed by atoms with Crippen LogP contribution in [-0.4, -0.2) is 14.1 Å². The average Bonchev–Trinajstić information content (AvgIpc) is 3.91. The summed E-state index contributed by atoms with van der Waals surface area (Å²) >= 11 is 0. The summed E-state index contributed by atoms with van der Waals surface area (Å²) in [5, 5.41) is 7.44. The number of hydrogen-bond acceptors (Lipinski definition) is 1. The molecule has 3 heterocycles. The molecule has 0 saturated carbocycles. The van der Waals surface area contributed by atoms with E-state index in [9.17, 15) is 0 Å². The highest BCUT2D eigenvalue weighted by molar-refractivity contribution is 6.12. The molecule has 13 rings (SSSR count). The highest BCUT2D eigenvalue weighted by atomic mass is 15.0. The minimum Gasteiger partial charge on any atom is -0.309 e. The zero-order valence-electron chi connectivity index (χ0n) is 36.0. The van der Waals surface area contributed by atoms with Gasteiger partial charge in [-0.3, -0.25) is 0 Å². The van der Waals surface area contributed by atoms with Crippen LogP contribution in [0.4, 0.5) is 0 Å². The fourth-order valence-electron chi connectivity index (χ4n) is 10.2.